The van der Waals surface area contributed by atoms with E-state index in [1.807, 2.05) is 4.90 Å². The van der Waals surface area contributed by atoms with Crippen molar-refractivity contribution in [1.82, 2.24) is 19.4 Å². The predicted octanol–water partition coefficient (Wildman–Crippen LogP) is 2.40. The maximum absolute atomic E-state index is 13.5. The number of aromatic nitrogens is 3. The van der Waals surface area contributed by atoms with Crippen molar-refractivity contribution in [2.24, 2.45) is 0 Å². The first kappa shape index (κ1) is 19.5. The van der Waals surface area contributed by atoms with Crippen LogP contribution in [0.3, 0.4) is 0 Å². The summed E-state index contributed by atoms with van der Waals surface area (Å²) in [4.78, 5) is 10.7. The Kier molecular flexibility index (Phi) is 5.05. The Hall–Kier alpha value is -2.85. The zero-order valence-corrected chi connectivity index (χ0v) is 16.9. The molecule has 29 heavy (non-hydrogen) atoms. The zero-order chi connectivity index (χ0) is 20.6. The van der Waals surface area contributed by atoms with Gasteiger partial charge in [-0.1, -0.05) is 17.3 Å². The van der Waals surface area contributed by atoms with Crippen LogP contribution in [-0.4, -0.2) is 54.0 Å². The van der Waals surface area contributed by atoms with E-state index >= 15 is 0 Å². The Morgan fingerprint density at radius 2 is 1.83 bits per heavy atom. The third-order valence-electron chi connectivity index (χ3n) is 4.90. The second-order valence-electron chi connectivity index (χ2n) is 6.82. The molecular weight excluding hydrogens is 397 g/mol. The summed E-state index contributed by atoms with van der Waals surface area (Å²) in [5, 5.41) is 3.75. The van der Waals surface area contributed by atoms with Crippen molar-refractivity contribution in [1.29, 1.82) is 0 Å². The minimum Gasteiger partial charge on any atom is -0.360 e. The molecule has 0 radical (unpaired) electrons. The molecule has 0 amide bonds. The van der Waals surface area contributed by atoms with Crippen molar-refractivity contribution >= 4 is 15.8 Å². The molecule has 0 aliphatic carbocycles. The van der Waals surface area contributed by atoms with Crippen molar-refractivity contribution in [3.63, 3.8) is 0 Å². The summed E-state index contributed by atoms with van der Waals surface area (Å²) in [7, 11) is -3.67. The van der Waals surface area contributed by atoms with Crippen LogP contribution in [0.25, 0.3) is 11.3 Å². The van der Waals surface area contributed by atoms with Crippen molar-refractivity contribution in [2.75, 3.05) is 31.1 Å². The maximum Gasteiger partial charge on any atom is 0.248 e. The molecule has 0 spiro atoms. The molecule has 4 rings (SSSR count). The molecule has 10 heteroatoms. The Labute approximate surface area is 168 Å². The van der Waals surface area contributed by atoms with Crippen LogP contribution in [0.5, 0.6) is 0 Å². The number of hydrogen-bond donors (Lipinski definition) is 0. The lowest BCUT2D eigenvalue weighted by atomic mass is 10.1. The molecule has 2 aromatic heterocycles. The molecule has 0 N–H and O–H groups in total. The third-order valence-corrected chi connectivity index (χ3v) is 7.05. The van der Waals surface area contributed by atoms with Crippen LogP contribution in [0.15, 0.2) is 46.1 Å². The summed E-state index contributed by atoms with van der Waals surface area (Å²) in [5.41, 5.74) is 1.63. The SMILES string of the molecule is Cc1noc(C)c1S(=O)(=O)N1CCN(c2cc(-c3cccc(F)c3)ncn2)CC1. The molecular formula is C19H20FN5O3S. The summed E-state index contributed by atoms with van der Waals surface area (Å²) in [6, 6.07) is 7.99. The van der Waals surface area contributed by atoms with Crippen LogP contribution in [0.1, 0.15) is 11.5 Å². The average Bonchev–Trinajstić information content (AvgIpc) is 3.07. The number of rotatable bonds is 4. The quantitative estimate of drug-likeness (QED) is 0.644. The highest BCUT2D eigenvalue weighted by atomic mass is 32.2. The van der Waals surface area contributed by atoms with Crippen molar-refractivity contribution in [3.8, 4) is 11.3 Å². The lowest BCUT2D eigenvalue weighted by Gasteiger charge is -2.34. The van der Waals surface area contributed by atoms with Gasteiger partial charge in [0.15, 0.2) is 5.76 Å². The summed E-state index contributed by atoms with van der Waals surface area (Å²) < 4.78 is 45.9. The van der Waals surface area contributed by atoms with Crippen LogP contribution in [0, 0.1) is 19.7 Å². The van der Waals surface area contributed by atoms with E-state index in [9.17, 15) is 12.8 Å². The fourth-order valence-electron chi connectivity index (χ4n) is 3.46. The number of sulfonamides is 1. The second kappa shape index (κ2) is 7.53. The average molecular weight is 417 g/mol. The second-order valence-corrected chi connectivity index (χ2v) is 8.69. The first-order valence-electron chi connectivity index (χ1n) is 9.12. The molecule has 1 aromatic carbocycles. The monoisotopic (exact) mass is 417 g/mol. The standard InChI is InChI=1S/C19H20FN5O3S/c1-13-19(14(2)28-23-13)29(26,27)25-8-6-24(7-9-25)18-11-17(21-12-22-18)15-4-3-5-16(20)10-15/h3-5,10-12H,6-9H2,1-2H3. The molecule has 8 nitrogen and oxygen atoms in total. The lowest BCUT2D eigenvalue weighted by molar-refractivity contribution is 0.378. The Balaban J connectivity index is 1.51. The molecule has 3 heterocycles. The van der Waals surface area contributed by atoms with Crippen molar-refractivity contribution < 1.29 is 17.3 Å². The van der Waals surface area contributed by atoms with Gasteiger partial charge in [-0.2, -0.15) is 4.31 Å². The third kappa shape index (κ3) is 3.73. The van der Waals surface area contributed by atoms with Gasteiger partial charge in [0.25, 0.3) is 0 Å². The maximum atomic E-state index is 13.5. The Bertz CT molecular complexity index is 1120. The molecule has 0 bridgehead atoms. The van der Waals surface area contributed by atoms with Crippen LogP contribution in [-0.2, 0) is 10.0 Å². The van der Waals surface area contributed by atoms with Gasteiger partial charge in [-0.15, -0.1) is 0 Å². The zero-order valence-electron chi connectivity index (χ0n) is 16.0. The van der Waals surface area contributed by atoms with E-state index < -0.39 is 10.0 Å². The molecule has 1 fully saturated rings. The molecule has 1 aliphatic heterocycles. The van der Waals surface area contributed by atoms with E-state index in [2.05, 4.69) is 15.1 Å². The smallest absolute Gasteiger partial charge is 0.248 e. The number of halogens is 1. The summed E-state index contributed by atoms with van der Waals surface area (Å²) in [6.45, 7) is 4.79. The van der Waals surface area contributed by atoms with E-state index in [1.54, 1.807) is 32.0 Å². The number of hydrogen-bond acceptors (Lipinski definition) is 7. The van der Waals surface area contributed by atoms with Crippen molar-refractivity contribution in [3.05, 3.63) is 53.9 Å². The molecule has 0 saturated carbocycles. The lowest BCUT2D eigenvalue weighted by Crippen LogP contribution is -2.49. The van der Waals surface area contributed by atoms with Gasteiger partial charge in [0, 0.05) is 37.8 Å². The molecule has 3 aromatic rings. The minimum absolute atomic E-state index is 0.140. The van der Waals surface area contributed by atoms with Crippen molar-refractivity contribution in [2.45, 2.75) is 18.7 Å². The highest BCUT2D eigenvalue weighted by molar-refractivity contribution is 7.89. The van der Waals surface area contributed by atoms with Crippen LogP contribution >= 0.6 is 0 Å². The summed E-state index contributed by atoms with van der Waals surface area (Å²) in [5.74, 6) is 0.634. The fourth-order valence-corrected chi connectivity index (χ4v) is 5.17. The normalized spacial score (nSPS) is 15.6. The molecule has 1 saturated heterocycles. The summed E-state index contributed by atoms with van der Waals surface area (Å²) in [6.07, 6.45) is 1.43. The topological polar surface area (TPSA) is 92.4 Å². The van der Waals surface area contributed by atoms with E-state index in [0.29, 0.717) is 54.7 Å². The van der Waals surface area contributed by atoms with Gasteiger partial charge in [-0.25, -0.2) is 22.8 Å². The Morgan fingerprint density at radius 3 is 2.48 bits per heavy atom. The molecule has 0 unspecified atom stereocenters. The number of nitrogens with zero attached hydrogens (tertiary/aromatic N) is 5. The largest absolute Gasteiger partial charge is 0.360 e. The van der Waals surface area contributed by atoms with Gasteiger partial charge in [-0.3, -0.25) is 0 Å². The van der Waals surface area contributed by atoms with E-state index in [0.717, 1.165) is 0 Å². The van der Waals surface area contributed by atoms with Gasteiger partial charge in [0.1, 0.15) is 28.6 Å². The number of benzene rings is 1. The van der Waals surface area contributed by atoms with E-state index in [1.165, 1.54) is 22.8 Å². The van der Waals surface area contributed by atoms with E-state index in [-0.39, 0.29) is 10.7 Å². The van der Waals surface area contributed by atoms with Crippen LogP contribution < -0.4 is 4.90 Å². The highest BCUT2D eigenvalue weighted by Gasteiger charge is 2.33. The first-order chi connectivity index (χ1) is 13.9. The molecule has 152 valence electrons. The van der Waals surface area contributed by atoms with Gasteiger partial charge < -0.3 is 9.42 Å². The predicted molar refractivity (Wildman–Crippen MR) is 104 cm³/mol. The number of anilines is 1. The van der Waals surface area contributed by atoms with E-state index in [4.69, 9.17) is 4.52 Å². The van der Waals surface area contributed by atoms with Crippen LogP contribution in [0.2, 0.25) is 0 Å². The van der Waals surface area contributed by atoms with Gasteiger partial charge in [0.05, 0.1) is 5.69 Å². The number of aryl methyl sites for hydroxylation is 2. The van der Waals surface area contributed by atoms with Gasteiger partial charge >= 0.3 is 0 Å². The number of piperazine rings is 1. The minimum atomic E-state index is -3.67. The van der Waals surface area contributed by atoms with Crippen LogP contribution in [0.4, 0.5) is 10.2 Å². The van der Waals surface area contributed by atoms with Gasteiger partial charge in [-0.05, 0) is 26.0 Å². The fraction of sp³-hybridized carbons (Fsp3) is 0.316. The van der Waals surface area contributed by atoms with Gasteiger partial charge in [0.2, 0.25) is 10.0 Å². The highest BCUT2D eigenvalue weighted by Crippen LogP contribution is 2.26. The molecule has 1 aliphatic rings. The Morgan fingerprint density at radius 1 is 1.07 bits per heavy atom. The molecule has 0 atom stereocenters. The summed E-state index contributed by atoms with van der Waals surface area (Å²) >= 11 is 0. The first-order valence-corrected chi connectivity index (χ1v) is 10.6.